The van der Waals surface area contributed by atoms with Crippen LogP contribution in [-0.4, -0.2) is 50.1 Å². The molecular weight excluding hydrogens is 300 g/mol. The first-order chi connectivity index (χ1) is 11.1. The zero-order valence-electron chi connectivity index (χ0n) is 13.2. The lowest BCUT2D eigenvalue weighted by Crippen LogP contribution is -2.44. The predicted octanol–water partition coefficient (Wildman–Crippen LogP) is 1.48. The average Bonchev–Trinajstić information content (AvgIpc) is 3.33. The van der Waals surface area contributed by atoms with Crippen LogP contribution >= 0.6 is 0 Å². The average molecular weight is 323 g/mol. The molecule has 1 saturated heterocycles. The SMILES string of the molecule is O=C(NCCCN1CCNCC1)C1CC1c1ccc(F)cc1F. The van der Waals surface area contributed by atoms with Crippen LogP contribution in [0.3, 0.4) is 0 Å². The highest BCUT2D eigenvalue weighted by molar-refractivity contribution is 5.82. The van der Waals surface area contributed by atoms with E-state index in [0.717, 1.165) is 45.2 Å². The summed E-state index contributed by atoms with van der Waals surface area (Å²) >= 11 is 0. The summed E-state index contributed by atoms with van der Waals surface area (Å²) in [5, 5.41) is 6.25. The Morgan fingerprint density at radius 2 is 2.09 bits per heavy atom. The maximum absolute atomic E-state index is 13.7. The third kappa shape index (κ3) is 4.26. The van der Waals surface area contributed by atoms with Crippen LogP contribution in [0.4, 0.5) is 8.78 Å². The van der Waals surface area contributed by atoms with Crippen molar-refractivity contribution in [3.8, 4) is 0 Å². The van der Waals surface area contributed by atoms with Crippen LogP contribution in [0.15, 0.2) is 18.2 Å². The van der Waals surface area contributed by atoms with Crippen molar-refractivity contribution in [1.82, 2.24) is 15.5 Å². The van der Waals surface area contributed by atoms with Crippen molar-refractivity contribution >= 4 is 5.91 Å². The molecule has 2 aliphatic rings. The minimum absolute atomic E-state index is 0.0148. The topological polar surface area (TPSA) is 44.4 Å². The summed E-state index contributed by atoms with van der Waals surface area (Å²) in [4.78, 5) is 14.5. The van der Waals surface area contributed by atoms with Crippen molar-refractivity contribution in [3.63, 3.8) is 0 Å². The van der Waals surface area contributed by atoms with Crippen molar-refractivity contribution in [2.45, 2.75) is 18.8 Å². The van der Waals surface area contributed by atoms with E-state index in [1.807, 2.05) is 0 Å². The van der Waals surface area contributed by atoms with E-state index in [4.69, 9.17) is 0 Å². The Hall–Kier alpha value is -1.53. The van der Waals surface area contributed by atoms with Crippen LogP contribution in [0.25, 0.3) is 0 Å². The van der Waals surface area contributed by atoms with Crippen LogP contribution in [0.2, 0.25) is 0 Å². The summed E-state index contributed by atoms with van der Waals surface area (Å²) < 4.78 is 26.6. The second-order valence-electron chi connectivity index (χ2n) is 6.35. The van der Waals surface area contributed by atoms with Gasteiger partial charge in [-0.1, -0.05) is 6.07 Å². The van der Waals surface area contributed by atoms with Crippen molar-refractivity contribution in [1.29, 1.82) is 0 Å². The van der Waals surface area contributed by atoms with Gasteiger partial charge >= 0.3 is 0 Å². The Kier molecular flexibility index (Phi) is 5.23. The lowest BCUT2D eigenvalue weighted by Gasteiger charge is -2.27. The summed E-state index contributed by atoms with van der Waals surface area (Å²) in [6.45, 7) is 5.81. The molecule has 1 aromatic rings. The molecule has 1 aliphatic carbocycles. The molecule has 0 spiro atoms. The highest BCUT2D eigenvalue weighted by Gasteiger charge is 2.45. The molecule has 0 bridgehead atoms. The first-order valence-electron chi connectivity index (χ1n) is 8.31. The molecule has 1 aliphatic heterocycles. The summed E-state index contributed by atoms with van der Waals surface area (Å²) in [6, 6.07) is 3.59. The van der Waals surface area contributed by atoms with Gasteiger partial charge in [-0.05, 0) is 36.9 Å². The normalized spacial score (nSPS) is 24.4. The number of carbonyl (C=O) groups excluding carboxylic acids is 1. The first kappa shape index (κ1) is 16.3. The van der Waals surface area contributed by atoms with Gasteiger partial charge < -0.3 is 15.5 Å². The standard InChI is InChI=1S/C17H23F2N3O/c18-12-2-3-13(16(19)10-12)14-11-15(14)17(23)21-4-1-7-22-8-5-20-6-9-22/h2-3,10,14-15,20H,1,4-9,11H2,(H,21,23). The van der Waals surface area contributed by atoms with E-state index in [1.165, 1.54) is 12.1 Å². The molecule has 2 unspecified atom stereocenters. The minimum Gasteiger partial charge on any atom is -0.356 e. The highest BCUT2D eigenvalue weighted by atomic mass is 19.1. The molecule has 1 heterocycles. The molecule has 1 aromatic carbocycles. The van der Waals surface area contributed by atoms with Crippen LogP contribution in [0, 0.1) is 17.6 Å². The molecule has 1 amide bonds. The molecule has 3 rings (SSSR count). The Morgan fingerprint density at radius 3 is 2.83 bits per heavy atom. The van der Waals surface area contributed by atoms with Gasteiger partial charge in [0, 0.05) is 44.7 Å². The number of rotatable bonds is 6. The van der Waals surface area contributed by atoms with Crippen molar-refractivity contribution in [3.05, 3.63) is 35.4 Å². The molecule has 4 nitrogen and oxygen atoms in total. The van der Waals surface area contributed by atoms with Gasteiger partial charge in [0.2, 0.25) is 5.91 Å². The number of hydrogen-bond donors (Lipinski definition) is 2. The van der Waals surface area contributed by atoms with Gasteiger partial charge in [0.25, 0.3) is 0 Å². The van der Waals surface area contributed by atoms with Gasteiger partial charge in [0.15, 0.2) is 0 Å². The maximum atomic E-state index is 13.7. The first-order valence-corrected chi connectivity index (χ1v) is 8.31. The fraction of sp³-hybridized carbons (Fsp3) is 0.588. The molecule has 0 aromatic heterocycles. The van der Waals surface area contributed by atoms with Crippen LogP contribution in [0.5, 0.6) is 0 Å². The van der Waals surface area contributed by atoms with Crippen LogP contribution < -0.4 is 10.6 Å². The molecule has 1 saturated carbocycles. The summed E-state index contributed by atoms with van der Waals surface area (Å²) in [6.07, 6.45) is 1.57. The number of amides is 1. The third-order valence-electron chi connectivity index (χ3n) is 4.65. The largest absolute Gasteiger partial charge is 0.356 e. The fourth-order valence-corrected chi connectivity index (χ4v) is 3.21. The number of nitrogens with one attached hydrogen (secondary N) is 2. The molecule has 2 N–H and O–H groups in total. The van der Waals surface area contributed by atoms with Gasteiger partial charge in [-0.2, -0.15) is 0 Å². The van der Waals surface area contributed by atoms with Gasteiger partial charge in [0.05, 0.1) is 0 Å². The fourth-order valence-electron chi connectivity index (χ4n) is 3.21. The molecular formula is C17H23F2N3O. The quantitative estimate of drug-likeness (QED) is 0.780. The van der Waals surface area contributed by atoms with E-state index in [0.29, 0.717) is 18.5 Å². The van der Waals surface area contributed by atoms with Crippen LogP contribution in [-0.2, 0) is 4.79 Å². The number of hydrogen-bond acceptors (Lipinski definition) is 3. The van der Waals surface area contributed by atoms with E-state index >= 15 is 0 Å². The van der Waals surface area contributed by atoms with E-state index in [-0.39, 0.29) is 17.7 Å². The Labute approximate surface area is 135 Å². The highest BCUT2D eigenvalue weighted by Crippen LogP contribution is 2.48. The lowest BCUT2D eigenvalue weighted by molar-refractivity contribution is -0.122. The van der Waals surface area contributed by atoms with E-state index in [9.17, 15) is 13.6 Å². The van der Waals surface area contributed by atoms with Crippen molar-refractivity contribution < 1.29 is 13.6 Å². The van der Waals surface area contributed by atoms with Crippen molar-refractivity contribution in [2.75, 3.05) is 39.3 Å². The number of benzene rings is 1. The van der Waals surface area contributed by atoms with Gasteiger partial charge in [-0.15, -0.1) is 0 Å². The van der Waals surface area contributed by atoms with Gasteiger partial charge in [0.1, 0.15) is 11.6 Å². The molecule has 2 fully saturated rings. The predicted molar refractivity (Wildman–Crippen MR) is 84.1 cm³/mol. The van der Waals surface area contributed by atoms with E-state index in [2.05, 4.69) is 15.5 Å². The summed E-state index contributed by atoms with van der Waals surface area (Å²) in [5.41, 5.74) is 0.451. The second kappa shape index (κ2) is 7.36. The Morgan fingerprint density at radius 1 is 1.30 bits per heavy atom. The third-order valence-corrected chi connectivity index (χ3v) is 4.65. The smallest absolute Gasteiger partial charge is 0.223 e. The lowest BCUT2D eigenvalue weighted by atomic mass is 10.1. The molecule has 23 heavy (non-hydrogen) atoms. The molecule has 126 valence electrons. The van der Waals surface area contributed by atoms with Crippen molar-refractivity contribution in [2.24, 2.45) is 5.92 Å². The van der Waals surface area contributed by atoms with E-state index < -0.39 is 11.6 Å². The number of halogens is 2. The zero-order valence-corrected chi connectivity index (χ0v) is 13.2. The van der Waals surface area contributed by atoms with Crippen LogP contribution in [0.1, 0.15) is 24.3 Å². The molecule has 2 atom stereocenters. The number of nitrogens with zero attached hydrogens (tertiary/aromatic N) is 1. The Balaban J connectivity index is 1.38. The maximum Gasteiger partial charge on any atom is 0.223 e. The summed E-state index contributed by atoms with van der Waals surface area (Å²) in [7, 11) is 0. The second-order valence-corrected chi connectivity index (χ2v) is 6.35. The minimum atomic E-state index is -0.583. The molecule has 0 radical (unpaired) electrons. The molecule has 6 heteroatoms. The van der Waals surface area contributed by atoms with E-state index in [1.54, 1.807) is 0 Å². The number of carbonyl (C=O) groups is 1. The monoisotopic (exact) mass is 323 g/mol. The number of piperazine rings is 1. The zero-order chi connectivity index (χ0) is 16.2. The van der Waals surface area contributed by atoms with Gasteiger partial charge in [-0.3, -0.25) is 4.79 Å². The summed E-state index contributed by atoms with van der Waals surface area (Å²) in [5.74, 6) is -1.43. The Bertz CT molecular complexity index is 561. The van der Waals surface area contributed by atoms with Gasteiger partial charge in [-0.25, -0.2) is 8.78 Å².